The van der Waals surface area contributed by atoms with Crippen LogP contribution in [0.1, 0.15) is 24.6 Å². The van der Waals surface area contributed by atoms with Gasteiger partial charge in [0.05, 0.1) is 11.2 Å². The Bertz CT molecular complexity index is 373. The van der Waals surface area contributed by atoms with Gasteiger partial charge in [-0.25, -0.2) is 4.98 Å². The van der Waals surface area contributed by atoms with Crippen molar-refractivity contribution in [3.8, 4) is 0 Å². The van der Waals surface area contributed by atoms with Crippen LogP contribution in [0.2, 0.25) is 0 Å². The smallest absolute Gasteiger partial charge is 0.227 e. The van der Waals surface area contributed by atoms with Crippen LogP contribution in [0.4, 0.5) is 0 Å². The zero-order valence-electron chi connectivity index (χ0n) is 8.38. The monoisotopic (exact) mass is 224 g/mol. The Labute approximate surface area is 91.5 Å². The minimum absolute atomic E-state index is 0.263. The number of nitrogens with zero attached hydrogens (tertiary/aromatic N) is 3. The summed E-state index contributed by atoms with van der Waals surface area (Å²) in [6.45, 7) is 2.89. The van der Waals surface area contributed by atoms with E-state index in [2.05, 4.69) is 27.4 Å². The molecule has 2 aromatic heterocycles. The first-order valence-electron chi connectivity index (χ1n) is 4.73. The average molecular weight is 224 g/mol. The van der Waals surface area contributed by atoms with E-state index in [1.807, 2.05) is 10.9 Å². The summed E-state index contributed by atoms with van der Waals surface area (Å²) in [5.74, 6) is 0.660. The molecule has 6 heteroatoms. The predicted molar refractivity (Wildman–Crippen MR) is 56.5 cm³/mol. The van der Waals surface area contributed by atoms with Crippen molar-refractivity contribution < 1.29 is 4.52 Å². The summed E-state index contributed by atoms with van der Waals surface area (Å²) < 4.78 is 4.89. The Morgan fingerprint density at radius 1 is 1.53 bits per heavy atom. The SMILES string of the molecule is CC(NCCc1ncno1)c1cscn1. The number of hydrogen-bond donors (Lipinski definition) is 1. The van der Waals surface area contributed by atoms with E-state index < -0.39 is 0 Å². The molecule has 0 saturated heterocycles. The lowest BCUT2D eigenvalue weighted by molar-refractivity contribution is 0.372. The molecule has 1 atom stereocenters. The summed E-state index contributed by atoms with van der Waals surface area (Å²) in [7, 11) is 0. The molecule has 0 bridgehead atoms. The third kappa shape index (κ3) is 2.84. The minimum Gasteiger partial charge on any atom is -0.340 e. The van der Waals surface area contributed by atoms with E-state index >= 15 is 0 Å². The fourth-order valence-electron chi connectivity index (χ4n) is 1.24. The minimum atomic E-state index is 0.263. The van der Waals surface area contributed by atoms with Gasteiger partial charge < -0.3 is 9.84 Å². The van der Waals surface area contributed by atoms with Crippen molar-refractivity contribution in [3.63, 3.8) is 0 Å². The molecule has 0 fully saturated rings. The average Bonchev–Trinajstić information content (AvgIpc) is 2.90. The molecule has 0 aromatic carbocycles. The van der Waals surface area contributed by atoms with E-state index in [1.54, 1.807) is 11.3 Å². The summed E-state index contributed by atoms with van der Waals surface area (Å²) in [4.78, 5) is 8.18. The second-order valence-corrected chi connectivity index (χ2v) is 3.89. The molecule has 0 saturated carbocycles. The van der Waals surface area contributed by atoms with Gasteiger partial charge in [0.15, 0.2) is 6.33 Å². The molecule has 15 heavy (non-hydrogen) atoms. The Balaban J connectivity index is 1.74. The molecule has 2 rings (SSSR count). The van der Waals surface area contributed by atoms with Gasteiger partial charge in [-0.05, 0) is 6.92 Å². The Hall–Kier alpha value is -1.27. The van der Waals surface area contributed by atoms with E-state index in [0.717, 1.165) is 18.7 Å². The number of aromatic nitrogens is 3. The van der Waals surface area contributed by atoms with Gasteiger partial charge in [0.1, 0.15) is 0 Å². The standard InChI is InChI=1S/C9H12N4OS/c1-7(8-4-15-6-12-8)10-3-2-9-11-5-13-14-9/h4-7,10H,2-3H2,1H3. The van der Waals surface area contributed by atoms with E-state index in [4.69, 9.17) is 4.52 Å². The van der Waals surface area contributed by atoms with Crippen LogP contribution >= 0.6 is 11.3 Å². The fourth-order valence-corrected chi connectivity index (χ4v) is 1.89. The lowest BCUT2D eigenvalue weighted by Crippen LogP contribution is -2.21. The molecule has 0 aliphatic carbocycles. The Morgan fingerprint density at radius 2 is 2.47 bits per heavy atom. The lowest BCUT2D eigenvalue weighted by Gasteiger charge is -2.09. The quantitative estimate of drug-likeness (QED) is 0.832. The molecule has 80 valence electrons. The van der Waals surface area contributed by atoms with Crippen molar-refractivity contribution in [2.75, 3.05) is 6.54 Å². The molecule has 1 unspecified atom stereocenters. The highest BCUT2D eigenvalue weighted by Gasteiger charge is 2.06. The van der Waals surface area contributed by atoms with Crippen LogP contribution in [0.25, 0.3) is 0 Å². The van der Waals surface area contributed by atoms with Gasteiger partial charge in [0.25, 0.3) is 0 Å². The maximum atomic E-state index is 4.89. The molecule has 1 N–H and O–H groups in total. The van der Waals surface area contributed by atoms with Gasteiger partial charge in [-0.1, -0.05) is 5.16 Å². The zero-order valence-corrected chi connectivity index (χ0v) is 9.20. The third-order valence-electron chi connectivity index (χ3n) is 2.09. The van der Waals surface area contributed by atoms with Crippen molar-refractivity contribution in [1.29, 1.82) is 0 Å². The normalized spacial score (nSPS) is 12.9. The molecule has 2 heterocycles. The van der Waals surface area contributed by atoms with Gasteiger partial charge in [0.2, 0.25) is 5.89 Å². The van der Waals surface area contributed by atoms with Crippen LogP contribution in [0.15, 0.2) is 21.7 Å². The van der Waals surface area contributed by atoms with Crippen molar-refractivity contribution in [2.45, 2.75) is 19.4 Å². The molecule has 0 spiro atoms. The molecule has 5 nitrogen and oxygen atoms in total. The highest BCUT2D eigenvalue weighted by Crippen LogP contribution is 2.11. The molecule has 0 amide bonds. The van der Waals surface area contributed by atoms with Crippen LogP contribution in [-0.4, -0.2) is 21.7 Å². The Morgan fingerprint density at radius 3 is 3.13 bits per heavy atom. The fraction of sp³-hybridized carbons (Fsp3) is 0.444. The summed E-state index contributed by atoms with van der Waals surface area (Å²) in [6.07, 6.45) is 2.16. The molecular formula is C9H12N4OS. The van der Waals surface area contributed by atoms with E-state index in [9.17, 15) is 0 Å². The van der Waals surface area contributed by atoms with Crippen molar-refractivity contribution in [1.82, 2.24) is 20.4 Å². The second kappa shape index (κ2) is 4.99. The largest absolute Gasteiger partial charge is 0.340 e. The lowest BCUT2D eigenvalue weighted by atomic mass is 10.2. The van der Waals surface area contributed by atoms with Crippen LogP contribution < -0.4 is 5.32 Å². The van der Waals surface area contributed by atoms with Gasteiger partial charge in [-0.2, -0.15) is 4.98 Å². The molecular weight excluding hydrogens is 212 g/mol. The molecule has 0 radical (unpaired) electrons. The highest BCUT2D eigenvalue weighted by atomic mass is 32.1. The van der Waals surface area contributed by atoms with Crippen LogP contribution in [0, 0.1) is 0 Å². The maximum absolute atomic E-state index is 4.89. The van der Waals surface area contributed by atoms with Crippen LogP contribution in [-0.2, 0) is 6.42 Å². The summed E-state index contributed by atoms with van der Waals surface area (Å²) >= 11 is 1.61. The van der Waals surface area contributed by atoms with Crippen molar-refractivity contribution in [2.24, 2.45) is 0 Å². The van der Waals surface area contributed by atoms with Crippen LogP contribution in [0.5, 0.6) is 0 Å². The van der Waals surface area contributed by atoms with Gasteiger partial charge >= 0.3 is 0 Å². The van der Waals surface area contributed by atoms with Crippen molar-refractivity contribution >= 4 is 11.3 Å². The van der Waals surface area contributed by atoms with Crippen LogP contribution in [0.3, 0.4) is 0 Å². The summed E-state index contributed by atoms with van der Waals surface area (Å²) in [6, 6.07) is 0.263. The first-order valence-corrected chi connectivity index (χ1v) is 5.67. The maximum Gasteiger partial charge on any atom is 0.227 e. The van der Waals surface area contributed by atoms with E-state index in [0.29, 0.717) is 5.89 Å². The number of thiazole rings is 1. The summed E-state index contributed by atoms with van der Waals surface area (Å²) in [5, 5.41) is 8.93. The van der Waals surface area contributed by atoms with Gasteiger partial charge in [-0.15, -0.1) is 11.3 Å². The molecule has 0 aliphatic rings. The van der Waals surface area contributed by atoms with Gasteiger partial charge in [0, 0.05) is 24.4 Å². The zero-order chi connectivity index (χ0) is 10.5. The van der Waals surface area contributed by atoms with E-state index in [-0.39, 0.29) is 6.04 Å². The number of nitrogens with one attached hydrogen (secondary N) is 1. The predicted octanol–water partition coefficient (Wildman–Crippen LogP) is 1.42. The third-order valence-corrected chi connectivity index (χ3v) is 2.70. The number of rotatable bonds is 5. The summed E-state index contributed by atoms with van der Waals surface area (Å²) in [5.41, 5.74) is 2.91. The topological polar surface area (TPSA) is 63.8 Å². The molecule has 2 aromatic rings. The Kier molecular flexibility index (Phi) is 3.41. The van der Waals surface area contributed by atoms with E-state index in [1.165, 1.54) is 6.33 Å². The first-order chi connectivity index (χ1) is 7.36. The van der Waals surface area contributed by atoms with Crippen molar-refractivity contribution in [3.05, 3.63) is 28.8 Å². The second-order valence-electron chi connectivity index (χ2n) is 3.17. The number of hydrogen-bond acceptors (Lipinski definition) is 6. The molecule has 0 aliphatic heterocycles. The van der Waals surface area contributed by atoms with Gasteiger partial charge in [-0.3, -0.25) is 0 Å². The first kappa shape index (κ1) is 10.3. The highest BCUT2D eigenvalue weighted by molar-refractivity contribution is 7.07.